The van der Waals surface area contributed by atoms with Crippen LogP contribution in [0.5, 0.6) is 5.75 Å². The Morgan fingerprint density at radius 1 is 1.52 bits per heavy atom. The summed E-state index contributed by atoms with van der Waals surface area (Å²) in [5.74, 6) is 0.275. The van der Waals surface area contributed by atoms with Crippen LogP contribution < -0.4 is 10.1 Å². The molecule has 0 unspecified atom stereocenters. The summed E-state index contributed by atoms with van der Waals surface area (Å²) in [6, 6.07) is 4.44. The molecule has 0 radical (unpaired) electrons. The molecule has 2 N–H and O–H groups in total. The van der Waals surface area contributed by atoms with Crippen LogP contribution in [0.2, 0.25) is 0 Å². The van der Waals surface area contributed by atoms with Crippen LogP contribution in [0.25, 0.3) is 11.5 Å². The van der Waals surface area contributed by atoms with Crippen LogP contribution in [0.3, 0.4) is 0 Å². The third kappa shape index (κ3) is 4.24. The Morgan fingerprint density at radius 2 is 2.36 bits per heavy atom. The zero-order valence-electron chi connectivity index (χ0n) is 13.7. The number of benzene rings is 1. The number of ether oxygens (including phenoxy) is 1. The van der Waals surface area contributed by atoms with Crippen molar-refractivity contribution in [3.63, 3.8) is 0 Å². The number of hydrogen-bond donors (Lipinski definition) is 2. The van der Waals surface area contributed by atoms with Crippen molar-refractivity contribution in [3.05, 3.63) is 29.9 Å². The number of nitrogens with zero attached hydrogens (tertiary/aromatic N) is 3. The molecule has 2 aromatic rings. The van der Waals surface area contributed by atoms with Crippen molar-refractivity contribution in [1.82, 2.24) is 20.4 Å². The quantitative estimate of drug-likeness (QED) is 0.849. The van der Waals surface area contributed by atoms with Gasteiger partial charge >= 0.3 is 6.09 Å². The van der Waals surface area contributed by atoms with Gasteiger partial charge in [0, 0.05) is 38.2 Å². The summed E-state index contributed by atoms with van der Waals surface area (Å²) in [6.45, 7) is 3.41. The number of rotatable bonds is 5. The van der Waals surface area contributed by atoms with Gasteiger partial charge in [0.2, 0.25) is 11.8 Å². The van der Waals surface area contributed by atoms with Crippen molar-refractivity contribution < 1.29 is 23.4 Å². The molecule has 1 aliphatic heterocycles. The van der Waals surface area contributed by atoms with Gasteiger partial charge in [-0.05, 0) is 24.6 Å². The first-order chi connectivity index (χ1) is 12.0. The Kier molecular flexibility index (Phi) is 5.13. The first kappa shape index (κ1) is 17.2. The maximum Gasteiger partial charge on any atom is 0.407 e. The van der Waals surface area contributed by atoms with Crippen molar-refractivity contribution in [2.75, 3.05) is 26.2 Å². The van der Waals surface area contributed by atoms with Crippen LogP contribution >= 0.6 is 0 Å². The fourth-order valence-corrected chi connectivity index (χ4v) is 2.67. The zero-order valence-corrected chi connectivity index (χ0v) is 13.7. The first-order valence-corrected chi connectivity index (χ1v) is 7.97. The average Bonchev–Trinajstić information content (AvgIpc) is 3.03. The molecule has 1 aromatic carbocycles. The molecule has 8 nitrogen and oxygen atoms in total. The lowest BCUT2D eigenvalue weighted by Gasteiger charge is -2.31. The highest BCUT2D eigenvalue weighted by Gasteiger charge is 2.22. The highest BCUT2D eigenvalue weighted by molar-refractivity contribution is 5.65. The highest BCUT2D eigenvalue weighted by atomic mass is 19.1. The Hall–Kier alpha value is -2.68. The lowest BCUT2D eigenvalue weighted by atomic mass is 10.1. The fraction of sp³-hybridized carbons (Fsp3) is 0.438. The molecule has 0 saturated carbocycles. The number of aromatic nitrogens is 2. The zero-order chi connectivity index (χ0) is 17.8. The van der Waals surface area contributed by atoms with Crippen LogP contribution in [-0.2, 0) is 0 Å². The second-order valence-electron chi connectivity index (χ2n) is 5.79. The molecule has 0 bridgehead atoms. The van der Waals surface area contributed by atoms with Gasteiger partial charge in [-0.15, -0.1) is 10.2 Å². The number of carbonyl (C=O) groups is 1. The standard InChI is InChI=1S/C16H19FN4O4/c1-10-19-20-15(25-10)11-2-3-14(13(17)8-11)24-7-4-12-9-21(16(22)23)6-5-18-12/h2-3,8,12,18H,4-7,9H2,1H3,(H,22,23)/t12-/m1/s1. The largest absolute Gasteiger partial charge is 0.490 e. The number of hydrogen-bond acceptors (Lipinski definition) is 6. The van der Waals surface area contributed by atoms with E-state index in [-0.39, 0.29) is 24.3 Å². The normalized spacial score (nSPS) is 17.5. The molecule has 1 atom stereocenters. The number of piperazine rings is 1. The van der Waals surface area contributed by atoms with Crippen LogP contribution in [0.1, 0.15) is 12.3 Å². The van der Waals surface area contributed by atoms with Gasteiger partial charge in [0.05, 0.1) is 6.61 Å². The molecule has 1 fully saturated rings. The second kappa shape index (κ2) is 7.47. The van der Waals surface area contributed by atoms with Gasteiger partial charge in [-0.3, -0.25) is 0 Å². The van der Waals surface area contributed by atoms with E-state index in [0.717, 1.165) is 0 Å². The van der Waals surface area contributed by atoms with E-state index < -0.39 is 11.9 Å². The van der Waals surface area contributed by atoms with Gasteiger partial charge in [0.25, 0.3) is 0 Å². The SMILES string of the molecule is Cc1nnc(-c2ccc(OCC[C@@H]3CN(C(=O)O)CCN3)c(F)c2)o1. The number of halogens is 1. The molecular weight excluding hydrogens is 331 g/mol. The van der Waals surface area contributed by atoms with Gasteiger partial charge in [-0.1, -0.05) is 0 Å². The summed E-state index contributed by atoms with van der Waals surface area (Å²) in [4.78, 5) is 12.4. The summed E-state index contributed by atoms with van der Waals surface area (Å²) >= 11 is 0. The van der Waals surface area contributed by atoms with Gasteiger partial charge in [0.15, 0.2) is 11.6 Å². The topological polar surface area (TPSA) is 101 Å². The Morgan fingerprint density at radius 3 is 3.04 bits per heavy atom. The number of nitrogens with one attached hydrogen (secondary N) is 1. The smallest absolute Gasteiger partial charge is 0.407 e. The lowest BCUT2D eigenvalue weighted by Crippen LogP contribution is -2.52. The molecule has 0 spiro atoms. The van der Waals surface area contributed by atoms with E-state index in [1.54, 1.807) is 13.0 Å². The third-order valence-electron chi connectivity index (χ3n) is 3.95. The van der Waals surface area contributed by atoms with Crippen molar-refractivity contribution in [3.8, 4) is 17.2 Å². The Labute approximate surface area is 143 Å². The fourth-order valence-electron chi connectivity index (χ4n) is 2.67. The average molecular weight is 350 g/mol. The van der Waals surface area contributed by atoms with Crippen LogP contribution in [0.4, 0.5) is 9.18 Å². The van der Waals surface area contributed by atoms with E-state index >= 15 is 0 Å². The minimum absolute atomic E-state index is 0.00597. The molecule has 1 aromatic heterocycles. The van der Waals surface area contributed by atoms with Crippen LogP contribution in [0, 0.1) is 12.7 Å². The first-order valence-electron chi connectivity index (χ1n) is 7.97. The molecule has 25 heavy (non-hydrogen) atoms. The minimum Gasteiger partial charge on any atom is -0.490 e. The summed E-state index contributed by atoms with van der Waals surface area (Å²) < 4.78 is 24.9. The summed E-state index contributed by atoms with van der Waals surface area (Å²) in [5.41, 5.74) is 0.483. The van der Waals surface area contributed by atoms with Crippen molar-refractivity contribution in [1.29, 1.82) is 0 Å². The molecule has 1 saturated heterocycles. The summed E-state index contributed by atoms with van der Waals surface area (Å²) in [7, 11) is 0. The van der Waals surface area contributed by atoms with Crippen LogP contribution in [0.15, 0.2) is 22.6 Å². The molecule has 2 heterocycles. The van der Waals surface area contributed by atoms with Crippen molar-refractivity contribution in [2.24, 2.45) is 0 Å². The molecule has 3 rings (SSSR count). The maximum atomic E-state index is 14.2. The molecule has 134 valence electrons. The molecule has 0 aliphatic carbocycles. The van der Waals surface area contributed by atoms with Gasteiger partial charge < -0.3 is 24.5 Å². The maximum absolute atomic E-state index is 14.2. The van der Waals surface area contributed by atoms with Gasteiger partial charge in [0.1, 0.15) is 0 Å². The second-order valence-corrected chi connectivity index (χ2v) is 5.79. The van der Waals surface area contributed by atoms with Crippen LogP contribution in [-0.4, -0.2) is 58.6 Å². The van der Waals surface area contributed by atoms with Gasteiger partial charge in [-0.2, -0.15) is 0 Å². The number of amides is 1. The Bertz CT molecular complexity index is 751. The Balaban J connectivity index is 1.54. The number of aryl methyl sites for hydroxylation is 1. The monoisotopic (exact) mass is 350 g/mol. The van der Waals surface area contributed by atoms with E-state index in [1.807, 2.05) is 0 Å². The number of carboxylic acid groups (broad SMARTS) is 1. The van der Waals surface area contributed by atoms with E-state index in [9.17, 15) is 9.18 Å². The predicted molar refractivity (Wildman–Crippen MR) is 85.9 cm³/mol. The summed E-state index contributed by atoms with van der Waals surface area (Å²) in [6.07, 6.45) is -0.348. The predicted octanol–water partition coefficient (Wildman–Crippen LogP) is 1.90. The minimum atomic E-state index is -0.926. The van der Waals surface area contributed by atoms with E-state index in [0.29, 0.717) is 37.5 Å². The molecule has 1 aliphatic rings. The molecule has 1 amide bonds. The van der Waals surface area contributed by atoms with E-state index in [2.05, 4.69) is 15.5 Å². The van der Waals surface area contributed by atoms with E-state index in [1.165, 1.54) is 17.0 Å². The van der Waals surface area contributed by atoms with E-state index in [4.69, 9.17) is 14.3 Å². The van der Waals surface area contributed by atoms with Gasteiger partial charge in [-0.25, -0.2) is 9.18 Å². The highest BCUT2D eigenvalue weighted by Crippen LogP contribution is 2.25. The summed E-state index contributed by atoms with van der Waals surface area (Å²) in [5, 5.41) is 19.8. The molecular formula is C16H19FN4O4. The lowest BCUT2D eigenvalue weighted by molar-refractivity contribution is 0.124. The third-order valence-corrected chi connectivity index (χ3v) is 3.95. The van der Waals surface area contributed by atoms with Crippen molar-refractivity contribution >= 4 is 6.09 Å². The molecule has 9 heteroatoms. The van der Waals surface area contributed by atoms with Crippen molar-refractivity contribution in [2.45, 2.75) is 19.4 Å².